The summed E-state index contributed by atoms with van der Waals surface area (Å²) in [7, 11) is 0. The first-order chi connectivity index (χ1) is 7.66. The molecular weight excluding hydrogens is 200 g/mol. The number of nitrogens with one attached hydrogen (secondary N) is 1. The SMILES string of the molecule is CC(C)C1CCCN(C(=O)NC2CC2)CC1. The van der Waals surface area contributed by atoms with Crippen molar-refractivity contribution < 1.29 is 4.79 Å². The van der Waals surface area contributed by atoms with Crippen molar-refractivity contribution in [3.8, 4) is 0 Å². The van der Waals surface area contributed by atoms with Gasteiger partial charge in [0, 0.05) is 19.1 Å². The quantitative estimate of drug-likeness (QED) is 0.768. The maximum atomic E-state index is 11.9. The van der Waals surface area contributed by atoms with Crippen LogP contribution in [0.25, 0.3) is 0 Å². The summed E-state index contributed by atoms with van der Waals surface area (Å²) in [4.78, 5) is 13.9. The average Bonchev–Trinajstić information content (AvgIpc) is 3.01. The molecule has 1 heterocycles. The van der Waals surface area contributed by atoms with Gasteiger partial charge in [0.25, 0.3) is 0 Å². The minimum atomic E-state index is 0.173. The number of amides is 2. The third-order valence-electron chi connectivity index (χ3n) is 3.91. The molecule has 0 aromatic rings. The van der Waals surface area contributed by atoms with Crippen LogP contribution in [-0.2, 0) is 0 Å². The zero-order valence-electron chi connectivity index (χ0n) is 10.5. The summed E-state index contributed by atoms with van der Waals surface area (Å²) < 4.78 is 0. The van der Waals surface area contributed by atoms with Gasteiger partial charge in [0.05, 0.1) is 0 Å². The van der Waals surface area contributed by atoms with Gasteiger partial charge in [-0.25, -0.2) is 4.79 Å². The summed E-state index contributed by atoms with van der Waals surface area (Å²) in [6.45, 7) is 6.48. The molecule has 0 aromatic heterocycles. The van der Waals surface area contributed by atoms with E-state index < -0.39 is 0 Å². The van der Waals surface area contributed by atoms with Crippen LogP contribution < -0.4 is 5.32 Å². The zero-order chi connectivity index (χ0) is 11.5. The molecule has 16 heavy (non-hydrogen) atoms. The zero-order valence-corrected chi connectivity index (χ0v) is 10.5. The molecule has 3 nitrogen and oxygen atoms in total. The van der Waals surface area contributed by atoms with E-state index in [9.17, 15) is 4.79 Å². The van der Waals surface area contributed by atoms with E-state index in [0.717, 1.165) is 24.9 Å². The number of rotatable bonds is 2. The number of carbonyl (C=O) groups excluding carboxylic acids is 1. The molecule has 2 amide bonds. The van der Waals surface area contributed by atoms with E-state index in [-0.39, 0.29) is 6.03 Å². The van der Waals surface area contributed by atoms with Gasteiger partial charge in [0.15, 0.2) is 0 Å². The largest absolute Gasteiger partial charge is 0.335 e. The van der Waals surface area contributed by atoms with Gasteiger partial charge >= 0.3 is 6.03 Å². The van der Waals surface area contributed by atoms with E-state index in [0.29, 0.717) is 6.04 Å². The van der Waals surface area contributed by atoms with Gasteiger partial charge in [0.2, 0.25) is 0 Å². The number of hydrogen-bond acceptors (Lipinski definition) is 1. The van der Waals surface area contributed by atoms with E-state index in [1.54, 1.807) is 0 Å². The number of hydrogen-bond donors (Lipinski definition) is 1. The number of carbonyl (C=O) groups is 1. The molecule has 0 aromatic carbocycles. The van der Waals surface area contributed by atoms with Crippen LogP contribution >= 0.6 is 0 Å². The molecule has 1 aliphatic carbocycles. The molecule has 2 aliphatic rings. The van der Waals surface area contributed by atoms with Crippen molar-refractivity contribution in [1.82, 2.24) is 10.2 Å². The Balaban J connectivity index is 1.80. The topological polar surface area (TPSA) is 32.3 Å². The third-order valence-corrected chi connectivity index (χ3v) is 3.91. The predicted octanol–water partition coefficient (Wildman–Crippen LogP) is 2.62. The number of urea groups is 1. The Kier molecular flexibility index (Phi) is 3.72. The van der Waals surface area contributed by atoms with Gasteiger partial charge in [-0.1, -0.05) is 13.8 Å². The molecule has 1 N–H and O–H groups in total. The van der Waals surface area contributed by atoms with Crippen molar-refractivity contribution in [3.63, 3.8) is 0 Å². The van der Waals surface area contributed by atoms with Gasteiger partial charge in [-0.3, -0.25) is 0 Å². The van der Waals surface area contributed by atoms with Crippen molar-refractivity contribution in [2.45, 2.75) is 52.0 Å². The summed E-state index contributed by atoms with van der Waals surface area (Å²) in [5, 5.41) is 3.08. The summed E-state index contributed by atoms with van der Waals surface area (Å²) in [6, 6.07) is 0.656. The molecular formula is C13H24N2O. The minimum absolute atomic E-state index is 0.173. The summed E-state index contributed by atoms with van der Waals surface area (Å²) in [5.74, 6) is 1.56. The maximum Gasteiger partial charge on any atom is 0.317 e. The van der Waals surface area contributed by atoms with E-state index in [1.165, 1.54) is 32.1 Å². The highest BCUT2D eigenvalue weighted by atomic mass is 16.2. The van der Waals surface area contributed by atoms with Crippen LogP contribution in [0.5, 0.6) is 0 Å². The molecule has 1 aliphatic heterocycles. The second-order valence-electron chi connectivity index (χ2n) is 5.65. The van der Waals surface area contributed by atoms with Gasteiger partial charge in [-0.15, -0.1) is 0 Å². The molecule has 1 saturated heterocycles. The monoisotopic (exact) mass is 224 g/mol. The predicted molar refractivity (Wildman–Crippen MR) is 65.3 cm³/mol. The lowest BCUT2D eigenvalue weighted by Crippen LogP contribution is -2.41. The summed E-state index contributed by atoms with van der Waals surface area (Å²) in [6.07, 6.45) is 5.98. The Morgan fingerprint density at radius 3 is 2.56 bits per heavy atom. The van der Waals surface area contributed by atoms with Crippen molar-refractivity contribution >= 4 is 6.03 Å². The second-order valence-corrected chi connectivity index (χ2v) is 5.65. The summed E-state index contributed by atoms with van der Waals surface area (Å²) in [5.41, 5.74) is 0. The Morgan fingerprint density at radius 2 is 1.94 bits per heavy atom. The van der Waals surface area contributed by atoms with E-state index in [4.69, 9.17) is 0 Å². The van der Waals surface area contributed by atoms with Crippen molar-refractivity contribution in [2.75, 3.05) is 13.1 Å². The highest BCUT2D eigenvalue weighted by molar-refractivity contribution is 5.74. The van der Waals surface area contributed by atoms with Gasteiger partial charge in [-0.2, -0.15) is 0 Å². The Labute approximate surface area is 98.6 Å². The molecule has 3 heteroatoms. The highest BCUT2D eigenvalue weighted by Crippen LogP contribution is 2.25. The third kappa shape index (κ3) is 3.13. The number of likely N-dealkylation sites (tertiary alicyclic amines) is 1. The lowest BCUT2D eigenvalue weighted by atomic mass is 9.89. The molecule has 1 saturated carbocycles. The lowest BCUT2D eigenvalue weighted by molar-refractivity contribution is 0.198. The fourth-order valence-corrected chi connectivity index (χ4v) is 2.49. The van der Waals surface area contributed by atoms with Gasteiger partial charge < -0.3 is 10.2 Å². The van der Waals surface area contributed by atoms with Crippen LogP contribution in [-0.4, -0.2) is 30.1 Å². The Bertz CT molecular complexity index is 248. The summed E-state index contributed by atoms with van der Waals surface area (Å²) >= 11 is 0. The van der Waals surface area contributed by atoms with Crippen LogP contribution in [0.1, 0.15) is 46.0 Å². The molecule has 1 atom stereocenters. The van der Waals surface area contributed by atoms with E-state index in [2.05, 4.69) is 19.2 Å². The number of nitrogens with zero attached hydrogens (tertiary/aromatic N) is 1. The normalized spacial score (nSPS) is 26.7. The van der Waals surface area contributed by atoms with E-state index >= 15 is 0 Å². The first kappa shape index (κ1) is 11.7. The minimum Gasteiger partial charge on any atom is -0.335 e. The van der Waals surface area contributed by atoms with Crippen LogP contribution in [0.4, 0.5) is 4.79 Å². The first-order valence-electron chi connectivity index (χ1n) is 6.72. The molecule has 2 rings (SSSR count). The fraction of sp³-hybridized carbons (Fsp3) is 0.923. The van der Waals surface area contributed by atoms with Crippen molar-refractivity contribution in [2.24, 2.45) is 11.8 Å². The first-order valence-corrected chi connectivity index (χ1v) is 6.72. The van der Waals surface area contributed by atoms with Crippen LogP contribution in [0, 0.1) is 11.8 Å². The van der Waals surface area contributed by atoms with Crippen LogP contribution in [0.15, 0.2) is 0 Å². The Hall–Kier alpha value is -0.730. The lowest BCUT2D eigenvalue weighted by Gasteiger charge is -2.21. The Morgan fingerprint density at radius 1 is 1.19 bits per heavy atom. The second kappa shape index (κ2) is 5.07. The highest BCUT2D eigenvalue weighted by Gasteiger charge is 2.27. The van der Waals surface area contributed by atoms with E-state index in [1.807, 2.05) is 4.90 Å². The fourth-order valence-electron chi connectivity index (χ4n) is 2.49. The molecule has 1 unspecified atom stereocenters. The van der Waals surface area contributed by atoms with Crippen LogP contribution in [0.3, 0.4) is 0 Å². The maximum absolute atomic E-state index is 11.9. The smallest absolute Gasteiger partial charge is 0.317 e. The van der Waals surface area contributed by atoms with Crippen LogP contribution in [0.2, 0.25) is 0 Å². The van der Waals surface area contributed by atoms with Crippen molar-refractivity contribution in [1.29, 1.82) is 0 Å². The molecule has 0 spiro atoms. The van der Waals surface area contributed by atoms with Crippen molar-refractivity contribution in [3.05, 3.63) is 0 Å². The average molecular weight is 224 g/mol. The molecule has 0 bridgehead atoms. The van der Waals surface area contributed by atoms with Gasteiger partial charge in [0.1, 0.15) is 0 Å². The molecule has 92 valence electrons. The molecule has 0 radical (unpaired) electrons. The standard InChI is InChI=1S/C13H24N2O/c1-10(2)11-4-3-8-15(9-7-11)13(16)14-12-5-6-12/h10-12H,3-9H2,1-2H3,(H,14,16). The molecule has 2 fully saturated rings. The van der Waals surface area contributed by atoms with Gasteiger partial charge in [-0.05, 0) is 43.9 Å².